The van der Waals surface area contributed by atoms with E-state index in [0.29, 0.717) is 44.8 Å². The van der Waals surface area contributed by atoms with Crippen LogP contribution in [0.2, 0.25) is 0 Å². The van der Waals surface area contributed by atoms with Crippen LogP contribution in [-0.2, 0) is 11.2 Å². The van der Waals surface area contributed by atoms with Gasteiger partial charge in [-0.05, 0) is 38.0 Å². The summed E-state index contributed by atoms with van der Waals surface area (Å²) >= 11 is 0. The number of fused-ring (bicyclic) bond motifs is 1. The number of hydrogen-bond acceptors (Lipinski definition) is 6. The summed E-state index contributed by atoms with van der Waals surface area (Å²) in [5, 5.41) is 14.2. The first-order valence-electron chi connectivity index (χ1n) is 9.51. The lowest BCUT2D eigenvalue weighted by Gasteiger charge is -2.36. The molecule has 1 aliphatic heterocycles. The number of aromatic nitrogens is 4. The maximum absolute atomic E-state index is 12.7. The molecule has 0 radical (unpaired) electrons. The van der Waals surface area contributed by atoms with Crippen molar-refractivity contribution < 1.29 is 9.90 Å². The molecule has 1 aliphatic rings. The number of aryl methyl sites for hydroxylation is 2. The number of rotatable bonds is 4. The third-order valence-electron chi connectivity index (χ3n) is 5.43. The van der Waals surface area contributed by atoms with Crippen LogP contribution in [0.15, 0.2) is 30.6 Å². The third kappa shape index (κ3) is 3.37. The number of carbonyl (C=O) groups excluding carboxylic acids is 1. The van der Waals surface area contributed by atoms with E-state index in [2.05, 4.69) is 20.0 Å². The van der Waals surface area contributed by atoms with Gasteiger partial charge in [-0.15, -0.1) is 0 Å². The van der Waals surface area contributed by atoms with Gasteiger partial charge in [-0.25, -0.2) is 9.50 Å². The molecule has 28 heavy (non-hydrogen) atoms. The van der Waals surface area contributed by atoms with Gasteiger partial charge < -0.3 is 14.9 Å². The number of nitrogens with zero attached hydrogens (tertiary/aromatic N) is 6. The summed E-state index contributed by atoms with van der Waals surface area (Å²) in [6.07, 6.45) is 2.58. The van der Waals surface area contributed by atoms with Crippen LogP contribution in [0.4, 0.5) is 5.69 Å². The summed E-state index contributed by atoms with van der Waals surface area (Å²) in [5.74, 6) is 1.02. The molecule has 8 nitrogen and oxygen atoms in total. The fourth-order valence-electron chi connectivity index (χ4n) is 3.84. The third-order valence-corrected chi connectivity index (χ3v) is 5.43. The smallest absolute Gasteiger partial charge is 0.252 e. The van der Waals surface area contributed by atoms with E-state index in [9.17, 15) is 9.90 Å². The number of phenols is 1. The molecule has 0 atom stereocenters. The highest BCUT2D eigenvalue weighted by Crippen LogP contribution is 2.27. The van der Waals surface area contributed by atoms with Crippen molar-refractivity contribution in [2.75, 3.05) is 31.1 Å². The van der Waals surface area contributed by atoms with Gasteiger partial charge in [0.1, 0.15) is 12.1 Å². The van der Waals surface area contributed by atoms with Crippen LogP contribution in [-0.4, -0.2) is 61.7 Å². The molecule has 1 saturated heterocycles. The Morgan fingerprint density at radius 3 is 2.64 bits per heavy atom. The van der Waals surface area contributed by atoms with Gasteiger partial charge in [0.2, 0.25) is 5.91 Å². The van der Waals surface area contributed by atoms with E-state index in [1.807, 2.05) is 36.9 Å². The summed E-state index contributed by atoms with van der Waals surface area (Å²) in [6, 6.07) is 7.33. The molecule has 3 aromatic rings. The highest BCUT2D eigenvalue weighted by Gasteiger charge is 2.23. The van der Waals surface area contributed by atoms with Crippen LogP contribution in [0.5, 0.6) is 5.75 Å². The number of aromatic hydroxyl groups is 1. The van der Waals surface area contributed by atoms with E-state index >= 15 is 0 Å². The molecule has 8 heteroatoms. The zero-order valence-corrected chi connectivity index (χ0v) is 16.2. The quantitative estimate of drug-likeness (QED) is 0.742. The van der Waals surface area contributed by atoms with Gasteiger partial charge in [0.25, 0.3) is 5.78 Å². The molecule has 0 spiro atoms. The first-order valence-corrected chi connectivity index (χ1v) is 9.51. The number of phenolic OH excluding ortho intramolecular Hbond substituents is 1. The lowest BCUT2D eigenvalue weighted by atomic mass is 10.1. The fraction of sp³-hybridized carbons (Fsp3) is 0.400. The number of anilines is 1. The van der Waals surface area contributed by atoms with Crippen molar-refractivity contribution in [3.05, 3.63) is 47.5 Å². The maximum atomic E-state index is 12.7. The second-order valence-corrected chi connectivity index (χ2v) is 7.09. The summed E-state index contributed by atoms with van der Waals surface area (Å²) in [5.41, 5.74) is 3.76. The highest BCUT2D eigenvalue weighted by molar-refractivity contribution is 5.77. The first-order chi connectivity index (χ1) is 13.5. The minimum Gasteiger partial charge on any atom is -0.506 e. The van der Waals surface area contributed by atoms with Crippen LogP contribution in [0, 0.1) is 13.8 Å². The highest BCUT2D eigenvalue weighted by atomic mass is 16.3. The molecule has 2 aromatic heterocycles. The van der Waals surface area contributed by atoms with Crippen LogP contribution < -0.4 is 4.90 Å². The van der Waals surface area contributed by atoms with E-state index in [1.165, 1.54) is 6.33 Å². The molecule has 1 amide bonds. The van der Waals surface area contributed by atoms with Crippen molar-refractivity contribution in [3.8, 4) is 5.75 Å². The zero-order valence-electron chi connectivity index (χ0n) is 16.2. The normalized spacial score (nSPS) is 14.6. The second kappa shape index (κ2) is 7.46. The molecule has 1 N–H and O–H groups in total. The van der Waals surface area contributed by atoms with Crippen LogP contribution in [0.1, 0.15) is 23.4 Å². The summed E-state index contributed by atoms with van der Waals surface area (Å²) in [6.45, 7) is 6.69. The fourth-order valence-corrected chi connectivity index (χ4v) is 3.84. The Bertz CT molecular complexity index is 1010. The average molecular weight is 380 g/mol. The molecule has 0 saturated carbocycles. The largest absolute Gasteiger partial charge is 0.506 e. The lowest BCUT2D eigenvalue weighted by Crippen LogP contribution is -2.48. The van der Waals surface area contributed by atoms with Crippen molar-refractivity contribution in [1.82, 2.24) is 24.5 Å². The Morgan fingerprint density at radius 1 is 1.14 bits per heavy atom. The van der Waals surface area contributed by atoms with Crippen LogP contribution in [0.3, 0.4) is 0 Å². The van der Waals surface area contributed by atoms with Gasteiger partial charge in [-0.3, -0.25) is 4.79 Å². The molecule has 0 aliphatic carbocycles. The molecule has 0 bridgehead atoms. The van der Waals surface area contributed by atoms with E-state index in [1.54, 1.807) is 10.6 Å². The minimum atomic E-state index is 0.148. The first kappa shape index (κ1) is 18.2. The molecule has 1 fully saturated rings. The van der Waals surface area contributed by atoms with Crippen molar-refractivity contribution in [3.63, 3.8) is 0 Å². The molecule has 0 unspecified atom stereocenters. The lowest BCUT2D eigenvalue weighted by molar-refractivity contribution is -0.131. The Balaban J connectivity index is 1.37. The SMILES string of the molecule is Cc1nc2ncnn2c(C)c1CCC(=O)N1CCN(c2ccccc2O)CC1. The Kier molecular flexibility index (Phi) is 4.85. The molecule has 3 heterocycles. The molecular formula is C20H24N6O2. The van der Waals surface area contributed by atoms with Gasteiger partial charge in [0.15, 0.2) is 0 Å². The standard InChI is InChI=1S/C20H24N6O2/c1-14-16(15(2)26-20(23-14)21-13-22-26)7-8-19(28)25-11-9-24(10-12-25)17-5-3-4-6-18(17)27/h3-6,13,27H,7-12H2,1-2H3. The Morgan fingerprint density at radius 2 is 1.89 bits per heavy atom. The van der Waals surface area contributed by atoms with Crippen LogP contribution in [0.25, 0.3) is 5.78 Å². The van der Waals surface area contributed by atoms with E-state index < -0.39 is 0 Å². The van der Waals surface area contributed by atoms with E-state index in [0.717, 1.165) is 22.6 Å². The van der Waals surface area contributed by atoms with E-state index in [-0.39, 0.29) is 11.7 Å². The summed E-state index contributed by atoms with van der Waals surface area (Å²) in [4.78, 5) is 25.4. The number of hydrogen-bond donors (Lipinski definition) is 1. The van der Waals surface area contributed by atoms with Crippen LogP contribution >= 0.6 is 0 Å². The van der Waals surface area contributed by atoms with Gasteiger partial charge in [-0.1, -0.05) is 12.1 Å². The van der Waals surface area contributed by atoms with Crippen molar-refractivity contribution in [2.45, 2.75) is 26.7 Å². The number of carbonyl (C=O) groups is 1. The molecule has 1 aromatic carbocycles. The van der Waals surface area contributed by atoms with Gasteiger partial charge in [0.05, 0.1) is 5.69 Å². The van der Waals surface area contributed by atoms with Crippen molar-refractivity contribution in [2.24, 2.45) is 0 Å². The monoisotopic (exact) mass is 380 g/mol. The minimum absolute atomic E-state index is 0.148. The Labute approximate surface area is 163 Å². The molecule has 146 valence electrons. The average Bonchev–Trinajstić information content (AvgIpc) is 3.17. The van der Waals surface area contributed by atoms with Gasteiger partial charge in [-0.2, -0.15) is 10.1 Å². The predicted molar refractivity (Wildman–Crippen MR) is 105 cm³/mol. The van der Waals surface area contributed by atoms with Gasteiger partial charge in [0, 0.05) is 44.0 Å². The predicted octanol–water partition coefficient (Wildman–Crippen LogP) is 1.73. The van der Waals surface area contributed by atoms with E-state index in [4.69, 9.17) is 0 Å². The molecule has 4 rings (SSSR count). The summed E-state index contributed by atoms with van der Waals surface area (Å²) in [7, 11) is 0. The summed E-state index contributed by atoms with van der Waals surface area (Å²) < 4.78 is 1.72. The van der Waals surface area contributed by atoms with Gasteiger partial charge >= 0.3 is 0 Å². The molecular weight excluding hydrogens is 356 g/mol. The Hall–Kier alpha value is -3.16. The number of para-hydroxylation sites is 2. The number of piperazine rings is 1. The zero-order chi connectivity index (χ0) is 19.7. The number of amides is 1. The second-order valence-electron chi connectivity index (χ2n) is 7.09. The maximum Gasteiger partial charge on any atom is 0.252 e. The topological polar surface area (TPSA) is 86.9 Å². The number of benzene rings is 1. The van der Waals surface area contributed by atoms with Crippen molar-refractivity contribution >= 4 is 17.4 Å². The van der Waals surface area contributed by atoms with Crippen molar-refractivity contribution in [1.29, 1.82) is 0 Å².